The molecule has 1 rings (SSSR count). The lowest BCUT2D eigenvalue weighted by Crippen LogP contribution is -2.37. The largest absolute Gasteiger partial charge is 0.395 e. The van der Waals surface area contributed by atoms with Crippen molar-refractivity contribution < 1.29 is 10.2 Å². The third-order valence-corrected chi connectivity index (χ3v) is 3.42. The molecular formula is C14H23NO2. The van der Waals surface area contributed by atoms with Crippen LogP contribution in [0.5, 0.6) is 0 Å². The summed E-state index contributed by atoms with van der Waals surface area (Å²) >= 11 is 0. The molecule has 17 heavy (non-hydrogen) atoms. The predicted octanol–water partition coefficient (Wildman–Crippen LogP) is 1.40. The summed E-state index contributed by atoms with van der Waals surface area (Å²) in [6, 6.07) is 4.19. The first-order valence-electron chi connectivity index (χ1n) is 5.98. The van der Waals surface area contributed by atoms with Crippen LogP contribution in [-0.4, -0.2) is 41.4 Å². The zero-order valence-corrected chi connectivity index (χ0v) is 11.2. The summed E-state index contributed by atoms with van der Waals surface area (Å²) in [5.74, 6) is 0. The molecule has 0 saturated heterocycles. The van der Waals surface area contributed by atoms with Crippen molar-refractivity contribution in [3.05, 3.63) is 34.4 Å². The Bertz CT molecular complexity index is 373. The van der Waals surface area contributed by atoms with Gasteiger partial charge in [-0.1, -0.05) is 12.1 Å². The molecule has 0 amide bonds. The van der Waals surface area contributed by atoms with Crippen LogP contribution in [0.15, 0.2) is 12.1 Å². The monoisotopic (exact) mass is 237 g/mol. The van der Waals surface area contributed by atoms with Gasteiger partial charge in [-0.3, -0.25) is 4.90 Å². The lowest BCUT2D eigenvalue weighted by molar-refractivity contribution is 0.0872. The fourth-order valence-electron chi connectivity index (χ4n) is 1.92. The molecule has 0 fully saturated rings. The summed E-state index contributed by atoms with van der Waals surface area (Å²) < 4.78 is 0. The summed E-state index contributed by atoms with van der Waals surface area (Å²) in [6.45, 7) is 7.03. The van der Waals surface area contributed by atoms with Gasteiger partial charge in [-0.2, -0.15) is 0 Å². The van der Waals surface area contributed by atoms with Crippen molar-refractivity contribution in [2.24, 2.45) is 0 Å². The first kappa shape index (κ1) is 14.2. The van der Waals surface area contributed by atoms with Crippen molar-refractivity contribution in [3.63, 3.8) is 0 Å². The SMILES string of the molecule is Cc1cc(C)c(CN(C)C(CO)CO)cc1C. The maximum absolute atomic E-state index is 9.14. The van der Waals surface area contributed by atoms with E-state index in [1.54, 1.807) is 0 Å². The molecular weight excluding hydrogens is 214 g/mol. The minimum Gasteiger partial charge on any atom is -0.395 e. The first-order chi connectivity index (χ1) is 7.99. The Hall–Kier alpha value is -0.900. The number of benzene rings is 1. The molecule has 0 atom stereocenters. The standard InChI is InChI=1S/C14H23NO2/c1-10-5-12(3)13(6-11(10)2)7-15(4)14(8-16)9-17/h5-6,14,16-17H,7-9H2,1-4H3. The topological polar surface area (TPSA) is 43.7 Å². The number of aliphatic hydroxyl groups excluding tert-OH is 2. The van der Waals surface area contributed by atoms with E-state index in [1.807, 2.05) is 11.9 Å². The minimum absolute atomic E-state index is 0.0170. The summed E-state index contributed by atoms with van der Waals surface area (Å²) in [7, 11) is 1.92. The van der Waals surface area contributed by atoms with Gasteiger partial charge >= 0.3 is 0 Å². The van der Waals surface area contributed by atoms with Crippen molar-refractivity contribution in [2.45, 2.75) is 33.4 Å². The van der Waals surface area contributed by atoms with Crippen molar-refractivity contribution in [1.82, 2.24) is 4.90 Å². The van der Waals surface area contributed by atoms with Crippen LogP contribution in [-0.2, 0) is 6.54 Å². The second-order valence-corrected chi connectivity index (χ2v) is 4.80. The van der Waals surface area contributed by atoms with E-state index >= 15 is 0 Å². The van der Waals surface area contributed by atoms with E-state index in [4.69, 9.17) is 10.2 Å². The third kappa shape index (κ3) is 3.53. The van der Waals surface area contributed by atoms with Crippen LogP contribution >= 0.6 is 0 Å². The van der Waals surface area contributed by atoms with E-state index in [0.29, 0.717) is 0 Å². The molecule has 0 aliphatic heterocycles. The van der Waals surface area contributed by atoms with Gasteiger partial charge in [-0.15, -0.1) is 0 Å². The lowest BCUT2D eigenvalue weighted by atomic mass is 10.0. The smallest absolute Gasteiger partial charge is 0.0609 e. The average molecular weight is 237 g/mol. The second kappa shape index (κ2) is 6.15. The summed E-state index contributed by atoms with van der Waals surface area (Å²) in [5, 5.41) is 18.3. The predicted molar refractivity (Wildman–Crippen MR) is 70.1 cm³/mol. The van der Waals surface area contributed by atoms with Gasteiger partial charge in [-0.05, 0) is 50.1 Å². The summed E-state index contributed by atoms with van der Waals surface area (Å²) in [6.07, 6.45) is 0. The molecule has 1 aromatic rings. The average Bonchev–Trinajstić information content (AvgIpc) is 2.27. The van der Waals surface area contributed by atoms with Gasteiger partial charge in [0.05, 0.1) is 19.3 Å². The van der Waals surface area contributed by atoms with Crippen molar-refractivity contribution in [1.29, 1.82) is 0 Å². The van der Waals surface area contributed by atoms with Crippen LogP contribution in [0.3, 0.4) is 0 Å². The quantitative estimate of drug-likeness (QED) is 0.813. The Balaban J connectivity index is 2.84. The molecule has 0 heterocycles. The second-order valence-electron chi connectivity index (χ2n) is 4.80. The minimum atomic E-state index is -0.184. The molecule has 0 aliphatic rings. The van der Waals surface area contributed by atoms with Crippen LogP contribution in [0.1, 0.15) is 22.3 Å². The highest BCUT2D eigenvalue weighted by molar-refractivity contribution is 5.36. The third-order valence-electron chi connectivity index (χ3n) is 3.42. The van der Waals surface area contributed by atoms with E-state index in [9.17, 15) is 0 Å². The van der Waals surface area contributed by atoms with E-state index in [0.717, 1.165) is 6.54 Å². The van der Waals surface area contributed by atoms with Crippen LogP contribution < -0.4 is 0 Å². The van der Waals surface area contributed by atoms with E-state index in [2.05, 4.69) is 32.9 Å². The lowest BCUT2D eigenvalue weighted by Gasteiger charge is -2.25. The van der Waals surface area contributed by atoms with E-state index in [1.165, 1.54) is 22.3 Å². The highest BCUT2D eigenvalue weighted by atomic mass is 16.3. The molecule has 3 heteroatoms. The van der Waals surface area contributed by atoms with Crippen LogP contribution in [0.2, 0.25) is 0 Å². The van der Waals surface area contributed by atoms with E-state index in [-0.39, 0.29) is 19.3 Å². The van der Waals surface area contributed by atoms with Crippen molar-refractivity contribution >= 4 is 0 Å². The van der Waals surface area contributed by atoms with Gasteiger partial charge < -0.3 is 10.2 Å². The Morgan fingerprint density at radius 1 is 1.00 bits per heavy atom. The van der Waals surface area contributed by atoms with Crippen LogP contribution in [0.25, 0.3) is 0 Å². The zero-order valence-electron chi connectivity index (χ0n) is 11.2. The summed E-state index contributed by atoms with van der Waals surface area (Å²) in [5.41, 5.74) is 5.09. The molecule has 0 aromatic heterocycles. The van der Waals surface area contributed by atoms with Crippen molar-refractivity contribution in [2.75, 3.05) is 20.3 Å². The Morgan fingerprint density at radius 2 is 1.53 bits per heavy atom. The number of hydrogen-bond acceptors (Lipinski definition) is 3. The molecule has 96 valence electrons. The van der Waals surface area contributed by atoms with Crippen LogP contribution in [0.4, 0.5) is 0 Å². The Labute approximate surface area is 104 Å². The molecule has 3 nitrogen and oxygen atoms in total. The molecule has 0 bridgehead atoms. The zero-order chi connectivity index (χ0) is 13.0. The molecule has 0 aliphatic carbocycles. The molecule has 0 saturated carbocycles. The molecule has 2 N–H and O–H groups in total. The van der Waals surface area contributed by atoms with Gasteiger partial charge in [0, 0.05) is 6.54 Å². The maximum atomic E-state index is 9.14. The van der Waals surface area contributed by atoms with Crippen molar-refractivity contribution in [3.8, 4) is 0 Å². The van der Waals surface area contributed by atoms with Gasteiger partial charge in [0.25, 0.3) is 0 Å². The number of aliphatic hydroxyl groups is 2. The fraction of sp³-hybridized carbons (Fsp3) is 0.571. The maximum Gasteiger partial charge on any atom is 0.0609 e. The first-order valence-corrected chi connectivity index (χ1v) is 5.98. The van der Waals surface area contributed by atoms with Gasteiger partial charge in [0.1, 0.15) is 0 Å². The van der Waals surface area contributed by atoms with Gasteiger partial charge in [0.2, 0.25) is 0 Å². The molecule has 0 radical (unpaired) electrons. The highest BCUT2D eigenvalue weighted by Gasteiger charge is 2.14. The van der Waals surface area contributed by atoms with E-state index < -0.39 is 0 Å². The number of aryl methyl sites for hydroxylation is 3. The number of likely N-dealkylation sites (N-methyl/N-ethyl adjacent to an activating group) is 1. The number of rotatable bonds is 5. The Kier molecular flexibility index (Phi) is 5.12. The molecule has 0 spiro atoms. The van der Waals surface area contributed by atoms with Gasteiger partial charge in [-0.25, -0.2) is 0 Å². The molecule has 0 unspecified atom stereocenters. The normalized spacial score (nSPS) is 11.5. The van der Waals surface area contributed by atoms with Crippen LogP contribution in [0, 0.1) is 20.8 Å². The summed E-state index contributed by atoms with van der Waals surface area (Å²) in [4.78, 5) is 1.98. The number of nitrogens with zero attached hydrogens (tertiary/aromatic N) is 1. The van der Waals surface area contributed by atoms with Gasteiger partial charge in [0.15, 0.2) is 0 Å². The fourth-order valence-corrected chi connectivity index (χ4v) is 1.92. The number of hydrogen-bond donors (Lipinski definition) is 2. The molecule has 1 aromatic carbocycles. The Morgan fingerprint density at radius 3 is 2.06 bits per heavy atom. The highest BCUT2D eigenvalue weighted by Crippen LogP contribution is 2.17.